The van der Waals surface area contributed by atoms with Crippen LogP contribution in [0.5, 0.6) is 23.0 Å². The summed E-state index contributed by atoms with van der Waals surface area (Å²) in [5.41, 5.74) is 3.46. The van der Waals surface area contributed by atoms with E-state index in [4.69, 9.17) is 18.9 Å². The molecule has 0 bridgehead atoms. The van der Waals surface area contributed by atoms with E-state index >= 15 is 0 Å². The summed E-state index contributed by atoms with van der Waals surface area (Å²) in [6.45, 7) is 8.31. The molecule has 6 nitrogen and oxygen atoms in total. The quantitative estimate of drug-likeness (QED) is 0.279. The van der Waals surface area contributed by atoms with E-state index in [0.29, 0.717) is 39.7 Å². The van der Waals surface area contributed by atoms with Crippen molar-refractivity contribution < 1.29 is 28.5 Å². The monoisotopic (exact) mass is 456 g/mol. The van der Waals surface area contributed by atoms with Gasteiger partial charge in [-0.1, -0.05) is 39.0 Å². The maximum atomic E-state index is 13.0. The van der Waals surface area contributed by atoms with E-state index in [1.54, 1.807) is 49.4 Å². The highest BCUT2D eigenvalue weighted by molar-refractivity contribution is 6.15. The number of hydrogen-bond donors (Lipinski definition) is 0. The van der Waals surface area contributed by atoms with Crippen molar-refractivity contribution in [3.8, 4) is 23.0 Å². The van der Waals surface area contributed by atoms with Crippen LogP contribution in [-0.2, 0) is 5.41 Å². The number of esters is 1. The first-order valence-corrected chi connectivity index (χ1v) is 11.0. The van der Waals surface area contributed by atoms with Crippen molar-refractivity contribution in [2.24, 2.45) is 0 Å². The Bertz CT molecular complexity index is 1340. The number of aryl methyl sites for hydroxylation is 1. The van der Waals surface area contributed by atoms with Gasteiger partial charge in [0.25, 0.3) is 0 Å². The van der Waals surface area contributed by atoms with E-state index in [1.165, 1.54) is 0 Å². The second kappa shape index (κ2) is 8.06. The maximum absolute atomic E-state index is 13.0. The van der Waals surface area contributed by atoms with E-state index in [-0.39, 0.29) is 23.8 Å². The van der Waals surface area contributed by atoms with Crippen molar-refractivity contribution in [3.05, 3.63) is 88.2 Å². The van der Waals surface area contributed by atoms with E-state index in [0.717, 1.165) is 11.1 Å². The summed E-state index contributed by atoms with van der Waals surface area (Å²) < 4.78 is 22.2. The largest absolute Gasteiger partial charge is 0.454 e. The Morgan fingerprint density at radius 3 is 2.41 bits per heavy atom. The Hall–Kier alpha value is -4.06. The number of benzene rings is 3. The summed E-state index contributed by atoms with van der Waals surface area (Å²) in [5.74, 6) is 1.47. The van der Waals surface area contributed by atoms with E-state index in [1.807, 2.05) is 18.2 Å². The molecule has 34 heavy (non-hydrogen) atoms. The summed E-state index contributed by atoms with van der Waals surface area (Å²) in [5, 5.41) is 0. The van der Waals surface area contributed by atoms with Gasteiger partial charge in [-0.15, -0.1) is 0 Å². The Balaban J connectivity index is 1.36. The average molecular weight is 456 g/mol. The molecule has 0 saturated carbocycles. The first kappa shape index (κ1) is 21.8. The van der Waals surface area contributed by atoms with Gasteiger partial charge in [0.1, 0.15) is 11.5 Å². The van der Waals surface area contributed by atoms with Crippen molar-refractivity contribution in [2.45, 2.75) is 33.1 Å². The number of Topliss-reactive ketones (excluding diaryl/α,β-unsaturated/α-hetero) is 1. The van der Waals surface area contributed by atoms with Crippen molar-refractivity contribution in [3.63, 3.8) is 0 Å². The molecular weight excluding hydrogens is 432 g/mol. The zero-order valence-electron chi connectivity index (χ0n) is 19.4. The third-order valence-corrected chi connectivity index (χ3v) is 5.84. The molecule has 0 N–H and O–H groups in total. The fourth-order valence-corrected chi connectivity index (χ4v) is 3.96. The van der Waals surface area contributed by atoms with Crippen LogP contribution in [-0.4, -0.2) is 18.5 Å². The SMILES string of the molecule is Cc1cc(OC(=O)c2ccc(C(C)(C)C)cc2)cc2c1C(=O)/C(=C/c1ccc3c(c1)OCO3)O2. The summed E-state index contributed by atoms with van der Waals surface area (Å²) in [4.78, 5) is 25.7. The highest BCUT2D eigenvalue weighted by atomic mass is 16.7. The molecule has 0 aliphatic carbocycles. The zero-order valence-corrected chi connectivity index (χ0v) is 19.4. The van der Waals surface area contributed by atoms with E-state index in [9.17, 15) is 9.59 Å². The molecule has 2 aliphatic rings. The molecule has 0 atom stereocenters. The first-order valence-electron chi connectivity index (χ1n) is 11.0. The van der Waals surface area contributed by atoms with Crippen molar-refractivity contribution in [1.82, 2.24) is 0 Å². The minimum absolute atomic E-state index is 0.00473. The lowest BCUT2D eigenvalue weighted by atomic mass is 9.87. The molecule has 0 saturated heterocycles. The van der Waals surface area contributed by atoms with Gasteiger partial charge in [0, 0.05) is 6.07 Å². The molecule has 0 amide bonds. The molecule has 172 valence electrons. The normalized spacial score (nSPS) is 15.3. The molecule has 0 radical (unpaired) electrons. The number of ketones is 1. The summed E-state index contributed by atoms with van der Waals surface area (Å²) in [6, 6.07) is 16.0. The molecule has 3 aromatic carbocycles. The van der Waals surface area contributed by atoms with Crippen LogP contribution in [0.1, 0.15) is 58.2 Å². The Labute approximate surface area is 197 Å². The Morgan fingerprint density at radius 2 is 1.68 bits per heavy atom. The lowest BCUT2D eigenvalue weighted by molar-refractivity contribution is 0.0734. The van der Waals surface area contributed by atoms with Crippen LogP contribution in [0.15, 0.2) is 60.4 Å². The molecule has 2 aliphatic heterocycles. The van der Waals surface area contributed by atoms with Crippen molar-refractivity contribution in [2.75, 3.05) is 6.79 Å². The topological polar surface area (TPSA) is 71.1 Å². The van der Waals surface area contributed by atoms with Gasteiger partial charge in [-0.25, -0.2) is 4.79 Å². The van der Waals surface area contributed by atoms with Crippen LogP contribution in [0.2, 0.25) is 0 Å². The van der Waals surface area contributed by atoms with Gasteiger partial charge >= 0.3 is 5.97 Å². The second-order valence-corrected chi connectivity index (χ2v) is 9.38. The van der Waals surface area contributed by atoms with Crippen LogP contribution in [0.3, 0.4) is 0 Å². The number of carbonyl (C=O) groups is 2. The molecule has 5 rings (SSSR count). The highest BCUT2D eigenvalue weighted by Gasteiger charge is 2.30. The number of ether oxygens (including phenoxy) is 4. The average Bonchev–Trinajstić information content (AvgIpc) is 3.37. The highest BCUT2D eigenvalue weighted by Crippen LogP contribution is 2.39. The third-order valence-electron chi connectivity index (χ3n) is 5.84. The van der Waals surface area contributed by atoms with Crippen molar-refractivity contribution >= 4 is 17.8 Å². The summed E-state index contributed by atoms with van der Waals surface area (Å²) >= 11 is 0. The maximum Gasteiger partial charge on any atom is 0.343 e. The number of rotatable bonds is 3. The molecular formula is C28H24O6. The predicted octanol–water partition coefficient (Wildman–Crippen LogP) is 5.86. The molecule has 2 heterocycles. The fourth-order valence-electron chi connectivity index (χ4n) is 3.96. The lowest BCUT2D eigenvalue weighted by Crippen LogP contribution is -2.13. The van der Waals surface area contributed by atoms with Crippen LogP contribution in [0.4, 0.5) is 0 Å². The van der Waals surface area contributed by atoms with Gasteiger partial charge < -0.3 is 18.9 Å². The molecule has 0 unspecified atom stereocenters. The van der Waals surface area contributed by atoms with E-state index < -0.39 is 5.97 Å². The van der Waals surface area contributed by atoms with Gasteiger partial charge in [0.05, 0.1) is 11.1 Å². The smallest absolute Gasteiger partial charge is 0.343 e. The van der Waals surface area contributed by atoms with Gasteiger partial charge in [-0.05, 0) is 65.4 Å². The summed E-state index contributed by atoms with van der Waals surface area (Å²) in [6.07, 6.45) is 1.66. The zero-order chi connectivity index (χ0) is 24.0. The second-order valence-electron chi connectivity index (χ2n) is 9.38. The fraction of sp³-hybridized carbons (Fsp3) is 0.214. The minimum Gasteiger partial charge on any atom is -0.454 e. The lowest BCUT2D eigenvalue weighted by Gasteiger charge is -2.18. The summed E-state index contributed by atoms with van der Waals surface area (Å²) in [7, 11) is 0. The predicted molar refractivity (Wildman–Crippen MR) is 127 cm³/mol. The number of hydrogen-bond acceptors (Lipinski definition) is 6. The molecule has 3 aromatic rings. The first-order chi connectivity index (χ1) is 16.2. The molecule has 6 heteroatoms. The minimum atomic E-state index is -0.472. The van der Waals surface area contributed by atoms with Gasteiger partial charge in [0.15, 0.2) is 17.3 Å². The van der Waals surface area contributed by atoms with Crippen LogP contribution < -0.4 is 18.9 Å². The van der Waals surface area contributed by atoms with Crippen LogP contribution in [0.25, 0.3) is 6.08 Å². The molecule has 0 fully saturated rings. The van der Waals surface area contributed by atoms with Gasteiger partial charge in [-0.3, -0.25) is 4.79 Å². The molecule has 0 spiro atoms. The number of allylic oxidation sites excluding steroid dienone is 1. The molecule has 0 aromatic heterocycles. The standard InChI is InChI=1S/C28H24O6/c1-16-11-20(33-27(30)18-6-8-19(9-7-18)28(2,3)4)14-23-25(16)26(29)24(34-23)13-17-5-10-21-22(12-17)32-15-31-21/h5-14H,15H2,1-4H3/b24-13-. The third kappa shape index (κ3) is 4.03. The van der Waals surface area contributed by atoms with Crippen molar-refractivity contribution in [1.29, 1.82) is 0 Å². The van der Waals surface area contributed by atoms with Gasteiger partial charge in [-0.2, -0.15) is 0 Å². The van der Waals surface area contributed by atoms with Crippen LogP contribution >= 0.6 is 0 Å². The van der Waals surface area contributed by atoms with Crippen LogP contribution in [0, 0.1) is 6.92 Å². The van der Waals surface area contributed by atoms with Gasteiger partial charge in [0.2, 0.25) is 12.6 Å². The Kier molecular flexibility index (Phi) is 5.16. The van der Waals surface area contributed by atoms with E-state index in [2.05, 4.69) is 20.8 Å². The number of carbonyl (C=O) groups excluding carboxylic acids is 2. The Morgan fingerprint density at radius 1 is 0.941 bits per heavy atom. The number of fused-ring (bicyclic) bond motifs is 2.